The quantitative estimate of drug-likeness (QED) is 0.815. The van der Waals surface area contributed by atoms with E-state index in [0.29, 0.717) is 0 Å². The summed E-state index contributed by atoms with van der Waals surface area (Å²) in [4.78, 5) is 0. The maximum Gasteiger partial charge on any atom is 0.124 e. The van der Waals surface area contributed by atoms with E-state index in [0.717, 1.165) is 34.3 Å². The summed E-state index contributed by atoms with van der Waals surface area (Å²) in [5, 5.41) is 3.46. The Bertz CT molecular complexity index is 583. The van der Waals surface area contributed by atoms with E-state index in [2.05, 4.69) is 28.2 Å². The zero-order valence-electron chi connectivity index (χ0n) is 12.2. The highest BCUT2D eigenvalue weighted by atomic mass is 79.9. The highest BCUT2D eigenvalue weighted by Gasteiger charge is 2.15. The Morgan fingerprint density at radius 3 is 2.67 bits per heavy atom. The van der Waals surface area contributed by atoms with Crippen LogP contribution in [0.25, 0.3) is 0 Å². The number of hydrogen-bond donors (Lipinski definition) is 1. The normalized spacial score (nSPS) is 12.2. The van der Waals surface area contributed by atoms with Crippen LogP contribution >= 0.6 is 15.9 Å². The lowest BCUT2D eigenvalue weighted by Gasteiger charge is -2.20. The fourth-order valence-corrected chi connectivity index (χ4v) is 2.76. The number of methoxy groups -OCH3 is 1. The van der Waals surface area contributed by atoms with Gasteiger partial charge in [0.15, 0.2) is 0 Å². The van der Waals surface area contributed by atoms with Gasteiger partial charge in [0.2, 0.25) is 0 Å². The highest BCUT2D eigenvalue weighted by molar-refractivity contribution is 9.10. The Balaban J connectivity index is 2.41. The molecule has 0 aliphatic heterocycles. The first-order valence-corrected chi connectivity index (χ1v) is 7.76. The summed E-state index contributed by atoms with van der Waals surface area (Å²) in [5.41, 5.74) is 1.95. The Hall–Kier alpha value is -1.39. The van der Waals surface area contributed by atoms with Crippen LogP contribution in [0, 0.1) is 5.82 Å². The molecule has 112 valence electrons. The summed E-state index contributed by atoms with van der Waals surface area (Å²) < 4.78 is 19.7. The molecule has 1 unspecified atom stereocenters. The molecule has 0 heterocycles. The first-order chi connectivity index (χ1) is 10.1. The standard InChI is InChI=1S/C17H19BrFNO/c1-3-7-20-17(12-5-4-6-16(10-12)21-2)13-8-14(18)11-15(19)9-13/h4-6,8-11,17,20H,3,7H2,1-2H3. The molecule has 4 heteroatoms. The molecule has 0 saturated carbocycles. The Labute approximate surface area is 133 Å². The van der Waals surface area contributed by atoms with Gasteiger partial charge in [0.05, 0.1) is 13.2 Å². The van der Waals surface area contributed by atoms with Gasteiger partial charge in [-0.3, -0.25) is 0 Å². The molecular weight excluding hydrogens is 333 g/mol. The number of halogens is 2. The molecule has 0 radical (unpaired) electrons. The van der Waals surface area contributed by atoms with Gasteiger partial charge in [-0.2, -0.15) is 0 Å². The predicted molar refractivity (Wildman–Crippen MR) is 87.2 cm³/mol. The Morgan fingerprint density at radius 2 is 2.00 bits per heavy atom. The summed E-state index contributed by atoms with van der Waals surface area (Å²) in [6.07, 6.45) is 1.01. The summed E-state index contributed by atoms with van der Waals surface area (Å²) in [6.45, 7) is 2.97. The summed E-state index contributed by atoms with van der Waals surface area (Å²) >= 11 is 3.36. The second kappa shape index (κ2) is 7.57. The van der Waals surface area contributed by atoms with Gasteiger partial charge in [-0.05, 0) is 54.4 Å². The first kappa shape index (κ1) is 16.0. The van der Waals surface area contributed by atoms with E-state index in [4.69, 9.17) is 4.74 Å². The van der Waals surface area contributed by atoms with Gasteiger partial charge in [-0.1, -0.05) is 35.0 Å². The average molecular weight is 352 g/mol. The number of rotatable bonds is 6. The fourth-order valence-electron chi connectivity index (χ4n) is 2.28. The largest absolute Gasteiger partial charge is 0.497 e. The zero-order valence-corrected chi connectivity index (χ0v) is 13.8. The smallest absolute Gasteiger partial charge is 0.124 e. The molecule has 2 nitrogen and oxygen atoms in total. The van der Waals surface area contributed by atoms with Crippen LogP contribution < -0.4 is 10.1 Å². The SMILES string of the molecule is CCCNC(c1cc(F)cc(Br)c1)c1cccc(OC)c1. The van der Waals surface area contributed by atoms with Crippen molar-refractivity contribution in [3.05, 3.63) is 63.9 Å². The van der Waals surface area contributed by atoms with Crippen LogP contribution in [0.2, 0.25) is 0 Å². The Kier molecular flexibility index (Phi) is 5.76. The van der Waals surface area contributed by atoms with Crippen molar-refractivity contribution in [2.24, 2.45) is 0 Å². The molecule has 0 aromatic heterocycles. The third kappa shape index (κ3) is 4.29. The lowest BCUT2D eigenvalue weighted by molar-refractivity contribution is 0.413. The minimum Gasteiger partial charge on any atom is -0.497 e. The molecule has 0 saturated heterocycles. The van der Waals surface area contributed by atoms with E-state index in [1.54, 1.807) is 13.2 Å². The van der Waals surface area contributed by atoms with Crippen LogP contribution in [-0.4, -0.2) is 13.7 Å². The lowest BCUT2D eigenvalue weighted by atomic mass is 9.98. The molecule has 0 aliphatic carbocycles. The maximum atomic E-state index is 13.7. The molecule has 1 atom stereocenters. The van der Waals surface area contributed by atoms with Crippen molar-refractivity contribution in [1.82, 2.24) is 5.32 Å². The van der Waals surface area contributed by atoms with Gasteiger partial charge < -0.3 is 10.1 Å². The van der Waals surface area contributed by atoms with Crippen molar-refractivity contribution in [2.75, 3.05) is 13.7 Å². The van der Waals surface area contributed by atoms with Gasteiger partial charge in [0, 0.05) is 4.47 Å². The highest BCUT2D eigenvalue weighted by Crippen LogP contribution is 2.28. The predicted octanol–water partition coefficient (Wildman–Crippen LogP) is 4.69. The topological polar surface area (TPSA) is 21.3 Å². The zero-order chi connectivity index (χ0) is 15.2. The minimum atomic E-state index is -0.245. The van der Waals surface area contributed by atoms with Gasteiger partial charge in [-0.15, -0.1) is 0 Å². The van der Waals surface area contributed by atoms with E-state index in [1.165, 1.54) is 6.07 Å². The molecule has 2 rings (SSSR count). The monoisotopic (exact) mass is 351 g/mol. The van der Waals surface area contributed by atoms with Crippen LogP contribution in [0.15, 0.2) is 46.9 Å². The van der Waals surface area contributed by atoms with Gasteiger partial charge in [0.25, 0.3) is 0 Å². The van der Waals surface area contributed by atoms with Gasteiger partial charge in [-0.25, -0.2) is 4.39 Å². The molecule has 2 aromatic carbocycles. The van der Waals surface area contributed by atoms with Crippen molar-refractivity contribution in [3.8, 4) is 5.75 Å². The number of hydrogen-bond acceptors (Lipinski definition) is 2. The first-order valence-electron chi connectivity index (χ1n) is 6.97. The van der Waals surface area contributed by atoms with Crippen molar-refractivity contribution in [3.63, 3.8) is 0 Å². The second-order valence-electron chi connectivity index (χ2n) is 4.87. The third-order valence-corrected chi connectivity index (χ3v) is 3.70. The third-order valence-electron chi connectivity index (χ3n) is 3.24. The minimum absolute atomic E-state index is 0.0629. The number of ether oxygens (including phenoxy) is 1. The van der Waals surface area contributed by atoms with Crippen LogP contribution in [-0.2, 0) is 0 Å². The van der Waals surface area contributed by atoms with Crippen molar-refractivity contribution in [1.29, 1.82) is 0 Å². The molecule has 0 aliphatic rings. The van der Waals surface area contributed by atoms with Crippen molar-refractivity contribution in [2.45, 2.75) is 19.4 Å². The molecule has 1 N–H and O–H groups in total. The molecule has 21 heavy (non-hydrogen) atoms. The second-order valence-corrected chi connectivity index (χ2v) is 5.78. The summed E-state index contributed by atoms with van der Waals surface area (Å²) in [7, 11) is 1.65. The fraction of sp³-hybridized carbons (Fsp3) is 0.294. The van der Waals surface area contributed by atoms with Crippen LogP contribution in [0.3, 0.4) is 0 Å². The molecule has 0 fully saturated rings. The number of nitrogens with one attached hydrogen (secondary N) is 1. The van der Waals surface area contributed by atoms with Crippen LogP contribution in [0.1, 0.15) is 30.5 Å². The lowest BCUT2D eigenvalue weighted by Crippen LogP contribution is -2.23. The molecule has 0 spiro atoms. The van der Waals surface area contributed by atoms with Crippen LogP contribution in [0.5, 0.6) is 5.75 Å². The van der Waals surface area contributed by atoms with Gasteiger partial charge in [0.1, 0.15) is 11.6 Å². The van der Waals surface area contributed by atoms with Crippen molar-refractivity contribution >= 4 is 15.9 Å². The molecular formula is C17H19BrFNO. The average Bonchev–Trinajstić information content (AvgIpc) is 2.47. The van der Waals surface area contributed by atoms with E-state index < -0.39 is 0 Å². The molecule has 0 bridgehead atoms. The van der Waals surface area contributed by atoms with Gasteiger partial charge >= 0.3 is 0 Å². The van der Waals surface area contributed by atoms with E-state index in [-0.39, 0.29) is 11.9 Å². The molecule has 2 aromatic rings. The Morgan fingerprint density at radius 1 is 1.19 bits per heavy atom. The van der Waals surface area contributed by atoms with Crippen molar-refractivity contribution < 1.29 is 9.13 Å². The van der Waals surface area contributed by atoms with E-state index in [1.807, 2.05) is 30.3 Å². The maximum absolute atomic E-state index is 13.7. The van der Waals surface area contributed by atoms with E-state index in [9.17, 15) is 4.39 Å². The summed E-state index contributed by atoms with van der Waals surface area (Å²) in [6, 6.07) is 12.8. The van der Waals surface area contributed by atoms with Crippen LogP contribution in [0.4, 0.5) is 4.39 Å². The van der Waals surface area contributed by atoms with E-state index >= 15 is 0 Å². The number of benzene rings is 2. The summed E-state index contributed by atoms with van der Waals surface area (Å²) in [5.74, 6) is 0.553. The molecule has 0 amide bonds.